The lowest BCUT2D eigenvalue weighted by Crippen LogP contribution is -2.29. The van der Waals surface area contributed by atoms with Crippen LogP contribution in [0.15, 0.2) is 94.5 Å². The second kappa shape index (κ2) is 7.86. The van der Waals surface area contributed by atoms with Crippen LogP contribution >= 0.6 is 15.9 Å². The van der Waals surface area contributed by atoms with Crippen molar-refractivity contribution in [1.82, 2.24) is 9.88 Å². The van der Waals surface area contributed by atoms with Crippen molar-refractivity contribution in [2.75, 3.05) is 0 Å². The molecule has 0 saturated heterocycles. The molecule has 3 aromatic carbocycles. The summed E-state index contributed by atoms with van der Waals surface area (Å²) in [4.78, 5) is 19.0. The fourth-order valence-corrected chi connectivity index (χ4v) is 4.81. The summed E-state index contributed by atoms with van der Waals surface area (Å²) in [6, 6.07) is 26.8. The van der Waals surface area contributed by atoms with Gasteiger partial charge in [0, 0.05) is 33.1 Å². The smallest absolute Gasteiger partial charge is 0.250 e. The van der Waals surface area contributed by atoms with Gasteiger partial charge in [-0.05, 0) is 48.7 Å². The Morgan fingerprint density at radius 2 is 1.58 bits per heavy atom. The van der Waals surface area contributed by atoms with Crippen LogP contribution in [0.4, 0.5) is 0 Å². The van der Waals surface area contributed by atoms with Crippen molar-refractivity contribution in [1.29, 1.82) is 0 Å². The average Bonchev–Trinajstić information content (AvgIpc) is 3.26. The Kier molecular flexibility index (Phi) is 5.03. The first-order valence-electron chi connectivity index (χ1n) is 10.4. The Hall–Kier alpha value is -3.11. The minimum absolute atomic E-state index is 0.109. The summed E-state index contributed by atoms with van der Waals surface area (Å²) in [6.07, 6.45) is 0. The van der Waals surface area contributed by atoms with Crippen molar-refractivity contribution in [2.45, 2.75) is 26.4 Å². The van der Waals surface area contributed by atoms with Gasteiger partial charge in [0.2, 0.25) is 0 Å². The number of para-hydroxylation sites is 1. The molecule has 0 fully saturated rings. The van der Waals surface area contributed by atoms with E-state index >= 15 is 0 Å². The molecule has 1 atom stereocenters. The molecule has 1 aromatic heterocycles. The van der Waals surface area contributed by atoms with Gasteiger partial charge in [-0.3, -0.25) is 4.79 Å². The molecular weight excluding hydrogens is 448 g/mol. The number of fused-ring (bicyclic) bond motifs is 1. The van der Waals surface area contributed by atoms with Crippen LogP contribution in [0, 0.1) is 0 Å². The first kappa shape index (κ1) is 19.8. The molecule has 31 heavy (non-hydrogen) atoms. The largest absolute Gasteiger partial charge is 0.354 e. The number of hydrogen-bond donors (Lipinski definition) is 1. The molecule has 1 N–H and O–H groups in total. The van der Waals surface area contributed by atoms with Crippen LogP contribution in [0.25, 0.3) is 22.2 Å². The summed E-state index contributed by atoms with van der Waals surface area (Å²) in [7, 11) is 0. The van der Waals surface area contributed by atoms with E-state index in [-0.39, 0.29) is 11.9 Å². The lowest BCUT2D eigenvalue weighted by atomic mass is 9.93. The highest BCUT2D eigenvalue weighted by molar-refractivity contribution is 9.10. The van der Waals surface area contributed by atoms with Gasteiger partial charge in [-0.2, -0.15) is 0 Å². The number of H-pyrrole nitrogens is 1. The van der Waals surface area contributed by atoms with E-state index in [1.807, 2.05) is 36.1 Å². The lowest BCUT2D eigenvalue weighted by Gasteiger charge is -2.28. The van der Waals surface area contributed by atoms with Crippen LogP contribution in [0.2, 0.25) is 0 Å². The van der Waals surface area contributed by atoms with E-state index < -0.39 is 0 Å². The topological polar surface area (TPSA) is 36.1 Å². The monoisotopic (exact) mass is 470 g/mol. The van der Waals surface area contributed by atoms with E-state index in [1.165, 1.54) is 0 Å². The van der Waals surface area contributed by atoms with Gasteiger partial charge in [0.25, 0.3) is 5.91 Å². The van der Waals surface area contributed by atoms with E-state index in [0.29, 0.717) is 6.54 Å². The van der Waals surface area contributed by atoms with E-state index in [0.717, 1.165) is 48.9 Å². The minimum atomic E-state index is -0.109. The van der Waals surface area contributed by atoms with Gasteiger partial charge in [-0.15, -0.1) is 0 Å². The average molecular weight is 471 g/mol. The zero-order valence-corrected chi connectivity index (χ0v) is 19.1. The highest BCUT2D eigenvalue weighted by Gasteiger charge is 2.38. The van der Waals surface area contributed by atoms with Crippen LogP contribution in [0.5, 0.6) is 0 Å². The summed E-state index contributed by atoms with van der Waals surface area (Å²) < 4.78 is 1.04. The molecule has 154 valence electrons. The third-order valence-corrected chi connectivity index (χ3v) is 6.77. The maximum Gasteiger partial charge on any atom is 0.250 e. The van der Waals surface area contributed by atoms with E-state index in [4.69, 9.17) is 0 Å². The summed E-state index contributed by atoms with van der Waals surface area (Å²) in [5.41, 5.74) is 7.51. The minimum Gasteiger partial charge on any atom is -0.354 e. The molecule has 1 aliphatic heterocycles. The number of aromatic nitrogens is 1. The number of rotatable bonds is 4. The maximum absolute atomic E-state index is 13.3. The number of amides is 1. The molecule has 1 amide bonds. The molecule has 0 spiro atoms. The normalized spacial score (nSPS) is 16.5. The van der Waals surface area contributed by atoms with Crippen LogP contribution < -0.4 is 0 Å². The van der Waals surface area contributed by atoms with E-state index in [1.54, 1.807) is 0 Å². The highest BCUT2D eigenvalue weighted by atomic mass is 79.9. The van der Waals surface area contributed by atoms with Crippen LogP contribution in [0.3, 0.4) is 0 Å². The number of nitrogens with one attached hydrogen (secondary N) is 1. The number of hydrogen-bond acceptors (Lipinski definition) is 1. The van der Waals surface area contributed by atoms with Gasteiger partial charge < -0.3 is 9.88 Å². The Morgan fingerprint density at radius 3 is 2.32 bits per heavy atom. The van der Waals surface area contributed by atoms with Crippen molar-refractivity contribution in [3.63, 3.8) is 0 Å². The van der Waals surface area contributed by atoms with Crippen LogP contribution in [-0.4, -0.2) is 15.8 Å². The number of benzene rings is 3. The quantitative estimate of drug-likeness (QED) is 0.341. The fourth-order valence-electron chi connectivity index (χ4n) is 4.55. The lowest BCUT2D eigenvalue weighted by molar-refractivity contribution is -0.127. The fraction of sp³-hybridized carbons (Fsp3) is 0.148. The summed E-state index contributed by atoms with van der Waals surface area (Å²) in [5.74, 6) is 0.110. The first-order valence-corrected chi connectivity index (χ1v) is 11.2. The van der Waals surface area contributed by atoms with Crippen LogP contribution in [-0.2, 0) is 11.3 Å². The van der Waals surface area contributed by atoms with Gasteiger partial charge in [0.15, 0.2) is 0 Å². The molecule has 3 nitrogen and oxygen atoms in total. The molecule has 4 heteroatoms. The zero-order valence-electron chi connectivity index (χ0n) is 17.5. The standard InChI is InChI=1S/C27H23BrN2O/c1-17-18(2)27(31)30(16-19-8-4-3-5-9-19)26(17)24-22-10-6-7-11-23(22)29-25(24)20-12-14-21(28)15-13-20/h3-15,26,29H,16H2,1-2H3/t26-/m1/s1. The van der Waals surface area contributed by atoms with Gasteiger partial charge in [-0.1, -0.05) is 76.6 Å². The summed E-state index contributed by atoms with van der Waals surface area (Å²) in [5, 5.41) is 1.16. The molecule has 0 unspecified atom stereocenters. The molecule has 0 aliphatic carbocycles. The Balaban J connectivity index is 1.71. The predicted molar refractivity (Wildman–Crippen MR) is 130 cm³/mol. The number of carbonyl (C=O) groups is 1. The molecule has 4 aromatic rings. The molecule has 0 saturated carbocycles. The van der Waals surface area contributed by atoms with Gasteiger partial charge in [-0.25, -0.2) is 0 Å². The van der Waals surface area contributed by atoms with Gasteiger partial charge >= 0.3 is 0 Å². The van der Waals surface area contributed by atoms with Crippen LogP contribution in [0.1, 0.15) is 31.0 Å². The first-order chi connectivity index (χ1) is 15.0. The molecule has 0 radical (unpaired) electrons. The maximum atomic E-state index is 13.3. The van der Waals surface area contributed by atoms with Crippen molar-refractivity contribution in [3.8, 4) is 11.3 Å². The van der Waals surface area contributed by atoms with Crippen molar-refractivity contribution >= 4 is 32.7 Å². The Bertz CT molecular complexity index is 1300. The SMILES string of the molecule is CC1=C(C)[C@H](c2c(-c3ccc(Br)cc3)[nH]c3ccccc23)N(Cc2ccccc2)C1=O. The summed E-state index contributed by atoms with van der Waals surface area (Å²) in [6.45, 7) is 4.62. The van der Waals surface area contributed by atoms with Crippen molar-refractivity contribution < 1.29 is 4.79 Å². The van der Waals surface area contributed by atoms with E-state index in [9.17, 15) is 4.79 Å². The van der Waals surface area contributed by atoms with Crippen molar-refractivity contribution in [3.05, 3.63) is 106 Å². The van der Waals surface area contributed by atoms with Gasteiger partial charge in [0.1, 0.15) is 0 Å². The van der Waals surface area contributed by atoms with Crippen molar-refractivity contribution in [2.24, 2.45) is 0 Å². The number of nitrogens with zero attached hydrogens (tertiary/aromatic N) is 1. The Labute approximate surface area is 190 Å². The number of carbonyl (C=O) groups excluding carboxylic acids is 1. The molecule has 1 aliphatic rings. The zero-order chi connectivity index (χ0) is 21.5. The summed E-state index contributed by atoms with van der Waals surface area (Å²) >= 11 is 3.54. The Morgan fingerprint density at radius 1 is 0.903 bits per heavy atom. The van der Waals surface area contributed by atoms with E-state index in [2.05, 4.69) is 82.4 Å². The molecule has 0 bridgehead atoms. The molecule has 2 heterocycles. The molecular formula is C27H23BrN2O. The second-order valence-electron chi connectivity index (χ2n) is 8.10. The third-order valence-electron chi connectivity index (χ3n) is 6.24. The highest BCUT2D eigenvalue weighted by Crippen LogP contribution is 2.45. The number of aromatic amines is 1. The molecule has 5 rings (SSSR count). The number of halogens is 1. The third kappa shape index (κ3) is 3.41. The second-order valence-corrected chi connectivity index (χ2v) is 9.01. The van der Waals surface area contributed by atoms with Gasteiger partial charge in [0.05, 0.1) is 11.7 Å². The predicted octanol–water partition coefficient (Wildman–Crippen LogP) is 7.02.